The van der Waals surface area contributed by atoms with Gasteiger partial charge in [0, 0.05) is 30.2 Å². The van der Waals surface area contributed by atoms with Crippen LogP contribution in [0.2, 0.25) is 0 Å². The summed E-state index contributed by atoms with van der Waals surface area (Å²) in [5.41, 5.74) is -0.682. The summed E-state index contributed by atoms with van der Waals surface area (Å²) in [6.07, 6.45) is 4.88. The summed E-state index contributed by atoms with van der Waals surface area (Å²) >= 11 is 0. The zero-order valence-electron chi connectivity index (χ0n) is 20.6. The van der Waals surface area contributed by atoms with Crippen LogP contribution in [0.15, 0.2) is 42.5 Å². The first kappa shape index (κ1) is 24.2. The number of ether oxygens (including phenoxy) is 2. The zero-order valence-corrected chi connectivity index (χ0v) is 20.6. The van der Waals surface area contributed by atoms with Crippen molar-refractivity contribution in [3.8, 4) is 0 Å². The normalized spacial score (nSPS) is 43.1. The van der Waals surface area contributed by atoms with Crippen LogP contribution in [0.1, 0.15) is 45.6 Å². The number of aliphatic hydroxyl groups is 1. The summed E-state index contributed by atoms with van der Waals surface area (Å²) in [6.45, 7) is 5.70. The van der Waals surface area contributed by atoms with E-state index in [1.54, 1.807) is 6.92 Å². The number of epoxide rings is 1. The second kappa shape index (κ2) is 8.86. The molecule has 7 nitrogen and oxygen atoms in total. The van der Waals surface area contributed by atoms with E-state index in [0.29, 0.717) is 19.3 Å². The van der Waals surface area contributed by atoms with Crippen molar-refractivity contribution in [1.29, 1.82) is 0 Å². The summed E-state index contributed by atoms with van der Waals surface area (Å²) in [4.78, 5) is 39.8. The van der Waals surface area contributed by atoms with Crippen molar-refractivity contribution in [2.45, 2.75) is 69.8 Å². The quantitative estimate of drug-likeness (QED) is 0.391. The van der Waals surface area contributed by atoms with Crippen LogP contribution in [0.3, 0.4) is 0 Å². The lowest BCUT2D eigenvalue weighted by Gasteiger charge is -2.46. The molecule has 2 saturated heterocycles. The summed E-state index contributed by atoms with van der Waals surface area (Å²) in [6, 6.07) is 9.81. The number of Topliss-reactive ketones (excluding diaryl/α,β-unsaturated/α-hetero) is 1. The summed E-state index contributed by atoms with van der Waals surface area (Å²) in [5.74, 6) is -2.45. The molecule has 3 heterocycles. The number of fused-ring (bicyclic) bond motifs is 2. The minimum absolute atomic E-state index is 0.0174. The third kappa shape index (κ3) is 3.84. The van der Waals surface area contributed by atoms with E-state index in [9.17, 15) is 19.5 Å². The Kier molecular flexibility index (Phi) is 6.12. The molecule has 1 aromatic rings. The average molecular weight is 482 g/mol. The van der Waals surface area contributed by atoms with Crippen molar-refractivity contribution in [3.63, 3.8) is 0 Å². The second-order valence-electron chi connectivity index (χ2n) is 11.0. The van der Waals surface area contributed by atoms with Gasteiger partial charge in [-0.25, -0.2) is 0 Å². The Labute approximate surface area is 206 Å². The lowest BCUT2D eigenvalue weighted by Crippen LogP contribution is -2.61. The van der Waals surface area contributed by atoms with Crippen LogP contribution in [0.4, 0.5) is 0 Å². The Bertz CT molecular complexity index is 1040. The third-order valence-electron chi connectivity index (χ3n) is 8.99. The van der Waals surface area contributed by atoms with E-state index in [1.165, 1.54) is 0 Å². The van der Waals surface area contributed by atoms with Crippen molar-refractivity contribution in [2.24, 2.45) is 29.6 Å². The van der Waals surface area contributed by atoms with E-state index in [0.717, 1.165) is 5.56 Å². The SMILES string of the molecule is CC1CCC(=O)OC23C(=O)NC(Cc4ccccc4)C2C(C)C2(C)OC2C3C=CCC(CO)C1=O. The largest absolute Gasteiger partial charge is 0.448 e. The molecule has 1 aliphatic carbocycles. The molecule has 0 bridgehead atoms. The smallest absolute Gasteiger partial charge is 0.306 e. The van der Waals surface area contributed by atoms with Gasteiger partial charge in [-0.1, -0.05) is 56.3 Å². The van der Waals surface area contributed by atoms with Gasteiger partial charge in [0.2, 0.25) is 5.60 Å². The van der Waals surface area contributed by atoms with Gasteiger partial charge in [-0.05, 0) is 37.7 Å². The second-order valence-corrected chi connectivity index (χ2v) is 11.0. The molecule has 4 aliphatic rings. The molecule has 5 rings (SSSR count). The van der Waals surface area contributed by atoms with E-state index in [-0.39, 0.29) is 54.6 Å². The molecule has 3 fully saturated rings. The summed E-state index contributed by atoms with van der Waals surface area (Å²) < 4.78 is 12.5. The first-order valence-corrected chi connectivity index (χ1v) is 12.8. The highest BCUT2D eigenvalue weighted by atomic mass is 16.6. The maximum absolute atomic E-state index is 13.8. The van der Waals surface area contributed by atoms with Gasteiger partial charge in [0.25, 0.3) is 5.91 Å². The fraction of sp³-hybridized carbons (Fsp3) is 0.607. The topological polar surface area (TPSA) is 105 Å². The monoisotopic (exact) mass is 481 g/mol. The molecule has 0 radical (unpaired) electrons. The Hall–Kier alpha value is -2.51. The van der Waals surface area contributed by atoms with Gasteiger partial charge in [-0.15, -0.1) is 0 Å². The van der Waals surface area contributed by atoms with Crippen LogP contribution in [0.5, 0.6) is 0 Å². The molecule has 2 N–H and O–H groups in total. The highest BCUT2D eigenvalue weighted by Gasteiger charge is 2.78. The van der Waals surface area contributed by atoms with Crippen LogP contribution in [-0.4, -0.2) is 52.7 Å². The highest BCUT2D eigenvalue weighted by molar-refractivity contribution is 5.92. The van der Waals surface area contributed by atoms with Crippen molar-refractivity contribution in [2.75, 3.05) is 6.61 Å². The Morgan fingerprint density at radius 3 is 2.60 bits per heavy atom. The Morgan fingerprint density at radius 1 is 1.14 bits per heavy atom. The zero-order chi connectivity index (χ0) is 25.0. The van der Waals surface area contributed by atoms with E-state index in [2.05, 4.69) is 19.2 Å². The minimum Gasteiger partial charge on any atom is -0.448 e. The molecule has 3 aliphatic heterocycles. The predicted molar refractivity (Wildman–Crippen MR) is 128 cm³/mol. The molecule has 9 atom stereocenters. The molecule has 1 amide bonds. The molecule has 1 saturated carbocycles. The van der Waals surface area contributed by atoms with Crippen molar-refractivity contribution in [3.05, 3.63) is 48.0 Å². The molecule has 1 spiro atoms. The van der Waals surface area contributed by atoms with Crippen molar-refractivity contribution in [1.82, 2.24) is 5.32 Å². The van der Waals surface area contributed by atoms with Crippen molar-refractivity contribution < 1.29 is 29.0 Å². The fourth-order valence-electron chi connectivity index (χ4n) is 6.79. The molecule has 9 unspecified atom stereocenters. The van der Waals surface area contributed by atoms with Gasteiger partial charge in [-0.2, -0.15) is 0 Å². The van der Waals surface area contributed by atoms with Crippen LogP contribution < -0.4 is 5.32 Å². The number of benzene rings is 1. The lowest BCUT2D eigenvalue weighted by molar-refractivity contribution is -0.182. The molecule has 35 heavy (non-hydrogen) atoms. The molecular weight excluding hydrogens is 446 g/mol. The van der Waals surface area contributed by atoms with Gasteiger partial charge in [-0.3, -0.25) is 14.4 Å². The van der Waals surface area contributed by atoms with Crippen LogP contribution >= 0.6 is 0 Å². The van der Waals surface area contributed by atoms with Crippen molar-refractivity contribution >= 4 is 17.7 Å². The van der Waals surface area contributed by atoms with E-state index >= 15 is 0 Å². The minimum atomic E-state index is -1.37. The molecular formula is C28H35NO6. The standard InChI is InChI=1S/C28H35NO6/c1-16-12-13-22(31)34-28-20(11-7-10-19(15-30)24(16)32)25-27(3,35-25)17(2)23(28)21(29-26(28)33)14-18-8-5-4-6-9-18/h4-9,11,16-17,19-21,23,25,30H,10,12-15H2,1-3H3,(H,29,33). The molecule has 1 aromatic carbocycles. The third-order valence-corrected chi connectivity index (χ3v) is 8.99. The number of amides is 1. The number of carbonyl (C=O) groups excluding carboxylic acids is 3. The number of aliphatic hydroxyl groups excluding tert-OH is 1. The number of hydrogen-bond donors (Lipinski definition) is 2. The van der Waals surface area contributed by atoms with Crippen LogP contribution in [-0.2, 0) is 30.3 Å². The number of rotatable bonds is 3. The van der Waals surface area contributed by atoms with Gasteiger partial charge >= 0.3 is 5.97 Å². The van der Waals surface area contributed by atoms with Crippen LogP contribution in [0, 0.1) is 29.6 Å². The summed E-state index contributed by atoms with van der Waals surface area (Å²) in [5, 5.41) is 13.0. The molecule has 7 heteroatoms. The predicted octanol–water partition coefficient (Wildman–Crippen LogP) is 2.60. The van der Waals surface area contributed by atoms with E-state index in [4.69, 9.17) is 9.47 Å². The van der Waals surface area contributed by atoms with E-state index in [1.807, 2.05) is 42.5 Å². The number of nitrogens with one attached hydrogen (secondary N) is 1. The maximum atomic E-state index is 13.8. The number of carbonyl (C=O) groups is 3. The fourth-order valence-corrected chi connectivity index (χ4v) is 6.79. The number of hydrogen-bond acceptors (Lipinski definition) is 6. The average Bonchev–Trinajstić information content (AvgIpc) is 3.46. The van der Waals surface area contributed by atoms with Crippen LogP contribution in [0.25, 0.3) is 0 Å². The van der Waals surface area contributed by atoms with E-state index < -0.39 is 29.0 Å². The first-order chi connectivity index (χ1) is 16.7. The first-order valence-electron chi connectivity index (χ1n) is 12.8. The molecule has 0 aromatic heterocycles. The Balaban J connectivity index is 1.56. The number of allylic oxidation sites excluding steroid dienone is 1. The van der Waals surface area contributed by atoms with Gasteiger partial charge in [0.05, 0.1) is 24.2 Å². The highest BCUT2D eigenvalue weighted by Crippen LogP contribution is 2.63. The van der Waals surface area contributed by atoms with Gasteiger partial charge in [0.15, 0.2) is 0 Å². The Morgan fingerprint density at radius 2 is 1.89 bits per heavy atom. The van der Waals surface area contributed by atoms with Gasteiger partial charge in [0.1, 0.15) is 5.78 Å². The lowest BCUT2D eigenvalue weighted by atomic mass is 9.59. The van der Waals surface area contributed by atoms with Gasteiger partial charge < -0.3 is 19.9 Å². The number of ketones is 1. The maximum Gasteiger partial charge on any atom is 0.306 e. The summed E-state index contributed by atoms with van der Waals surface area (Å²) in [7, 11) is 0. The number of esters is 1. The molecule has 188 valence electrons.